The Morgan fingerprint density at radius 2 is 1.64 bits per heavy atom. The number of hydrogen-bond acceptors (Lipinski definition) is 1. The van der Waals surface area contributed by atoms with Crippen LogP contribution in [-0.4, -0.2) is 16.6 Å². The van der Waals surface area contributed by atoms with Gasteiger partial charge in [-0.25, -0.2) is 8.78 Å². The van der Waals surface area contributed by atoms with Gasteiger partial charge in [0.15, 0.2) is 0 Å². The topological polar surface area (TPSA) is 20.2 Å². The molecule has 3 heteroatoms. The van der Waals surface area contributed by atoms with Crippen LogP contribution in [-0.2, 0) is 0 Å². The van der Waals surface area contributed by atoms with Gasteiger partial charge in [-0.3, -0.25) is 0 Å². The molecule has 0 amide bonds. The summed E-state index contributed by atoms with van der Waals surface area (Å²) in [5.41, 5.74) is -1.04. The SMILES string of the molecule is C=CC1(O)CCC(F)(F)CC1. The van der Waals surface area contributed by atoms with Crippen molar-refractivity contribution in [2.24, 2.45) is 0 Å². The molecule has 0 aromatic rings. The third kappa shape index (κ3) is 1.99. The van der Waals surface area contributed by atoms with Gasteiger partial charge in [0.2, 0.25) is 5.92 Å². The summed E-state index contributed by atoms with van der Waals surface area (Å²) in [6.07, 6.45) is 1.17. The second kappa shape index (κ2) is 2.55. The van der Waals surface area contributed by atoms with E-state index in [0.717, 1.165) is 0 Å². The minimum Gasteiger partial charge on any atom is -0.386 e. The lowest BCUT2D eigenvalue weighted by atomic mass is 9.83. The maximum atomic E-state index is 12.5. The molecule has 0 unspecified atom stereocenters. The van der Waals surface area contributed by atoms with Crippen molar-refractivity contribution >= 4 is 0 Å². The lowest BCUT2D eigenvalue weighted by Crippen LogP contribution is -2.36. The Hall–Kier alpha value is -0.440. The number of alkyl halides is 2. The molecule has 0 aliphatic heterocycles. The molecular weight excluding hydrogens is 150 g/mol. The highest BCUT2D eigenvalue weighted by molar-refractivity contribution is 5.00. The summed E-state index contributed by atoms with van der Waals surface area (Å²) in [4.78, 5) is 0. The fraction of sp³-hybridized carbons (Fsp3) is 0.750. The Labute approximate surface area is 64.7 Å². The van der Waals surface area contributed by atoms with Crippen molar-refractivity contribution in [3.63, 3.8) is 0 Å². The molecule has 0 aromatic carbocycles. The Morgan fingerprint density at radius 1 is 1.18 bits per heavy atom. The van der Waals surface area contributed by atoms with Crippen molar-refractivity contribution in [2.75, 3.05) is 0 Å². The van der Waals surface area contributed by atoms with E-state index in [4.69, 9.17) is 0 Å². The molecule has 64 valence electrons. The van der Waals surface area contributed by atoms with Gasteiger partial charge in [-0.2, -0.15) is 0 Å². The molecular formula is C8H12F2O. The average Bonchev–Trinajstić information content (AvgIpc) is 1.97. The first-order chi connectivity index (χ1) is 4.97. The fourth-order valence-electron chi connectivity index (χ4n) is 1.25. The minimum absolute atomic E-state index is 0.128. The molecule has 0 atom stereocenters. The molecule has 1 rings (SSSR count). The Balaban J connectivity index is 2.54. The summed E-state index contributed by atoms with van der Waals surface area (Å²) in [6.45, 7) is 3.41. The molecule has 1 nitrogen and oxygen atoms in total. The first-order valence-electron chi connectivity index (χ1n) is 3.71. The first kappa shape index (κ1) is 8.65. The monoisotopic (exact) mass is 162 g/mol. The van der Waals surface area contributed by atoms with E-state index >= 15 is 0 Å². The summed E-state index contributed by atoms with van der Waals surface area (Å²) in [6, 6.07) is 0. The third-order valence-electron chi connectivity index (χ3n) is 2.23. The highest BCUT2D eigenvalue weighted by atomic mass is 19.3. The van der Waals surface area contributed by atoms with Gasteiger partial charge < -0.3 is 5.11 Å². The van der Waals surface area contributed by atoms with Crippen molar-refractivity contribution in [1.82, 2.24) is 0 Å². The molecule has 1 fully saturated rings. The van der Waals surface area contributed by atoms with Crippen molar-refractivity contribution in [2.45, 2.75) is 37.2 Å². The fourth-order valence-corrected chi connectivity index (χ4v) is 1.25. The van der Waals surface area contributed by atoms with Crippen LogP contribution >= 0.6 is 0 Å². The van der Waals surface area contributed by atoms with Crippen LogP contribution in [0.5, 0.6) is 0 Å². The van der Waals surface area contributed by atoms with Crippen LogP contribution in [0.4, 0.5) is 8.78 Å². The summed E-state index contributed by atoms with van der Waals surface area (Å²) < 4.78 is 25.1. The van der Waals surface area contributed by atoms with Gasteiger partial charge in [-0.1, -0.05) is 6.08 Å². The van der Waals surface area contributed by atoms with Gasteiger partial charge in [-0.15, -0.1) is 6.58 Å². The highest BCUT2D eigenvalue weighted by Crippen LogP contribution is 2.38. The molecule has 11 heavy (non-hydrogen) atoms. The maximum absolute atomic E-state index is 12.5. The van der Waals surface area contributed by atoms with Gasteiger partial charge in [-0.05, 0) is 12.8 Å². The van der Waals surface area contributed by atoms with E-state index in [2.05, 4.69) is 6.58 Å². The van der Waals surface area contributed by atoms with Crippen LogP contribution in [0.15, 0.2) is 12.7 Å². The standard InChI is InChI=1S/C8H12F2O/c1-2-7(11)3-5-8(9,10)6-4-7/h2,11H,1,3-6H2. The molecule has 1 aliphatic carbocycles. The second-order valence-corrected chi connectivity index (χ2v) is 3.16. The van der Waals surface area contributed by atoms with Crippen molar-refractivity contribution in [3.8, 4) is 0 Å². The molecule has 0 aromatic heterocycles. The number of aliphatic hydroxyl groups is 1. The van der Waals surface area contributed by atoms with Gasteiger partial charge >= 0.3 is 0 Å². The molecule has 0 spiro atoms. The van der Waals surface area contributed by atoms with Crippen LogP contribution in [0.25, 0.3) is 0 Å². The van der Waals surface area contributed by atoms with Crippen molar-refractivity contribution < 1.29 is 13.9 Å². The predicted molar refractivity (Wildman–Crippen MR) is 38.6 cm³/mol. The van der Waals surface area contributed by atoms with E-state index < -0.39 is 11.5 Å². The van der Waals surface area contributed by atoms with E-state index in [9.17, 15) is 13.9 Å². The van der Waals surface area contributed by atoms with Crippen LogP contribution in [0.1, 0.15) is 25.7 Å². The zero-order chi connectivity index (χ0) is 8.54. The normalized spacial score (nSPS) is 27.9. The average molecular weight is 162 g/mol. The molecule has 1 aliphatic rings. The lowest BCUT2D eigenvalue weighted by Gasteiger charge is -2.33. The number of rotatable bonds is 1. The van der Waals surface area contributed by atoms with Crippen LogP contribution in [0, 0.1) is 0 Å². The number of halogens is 2. The first-order valence-corrected chi connectivity index (χ1v) is 3.71. The minimum atomic E-state index is -2.57. The zero-order valence-corrected chi connectivity index (χ0v) is 6.32. The van der Waals surface area contributed by atoms with E-state index in [1.54, 1.807) is 0 Å². The van der Waals surface area contributed by atoms with Crippen molar-refractivity contribution in [3.05, 3.63) is 12.7 Å². The lowest BCUT2D eigenvalue weighted by molar-refractivity contribution is -0.0853. The highest BCUT2D eigenvalue weighted by Gasteiger charge is 2.40. The summed E-state index contributed by atoms with van der Waals surface area (Å²) in [5, 5.41) is 9.46. The molecule has 1 N–H and O–H groups in total. The maximum Gasteiger partial charge on any atom is 0.248 e. The zero-order valence-electron chi connectivity index (χ0n) is 6.32. The quantitative estimate of drug-likeness (QED) is 0.585. The van der Waals surface area contributed by atoms with E-state index in [1.165, 1.54) is 6.08 Å². The Morgan fingerprint density at radius 3 is 2.00 bits per heavy atom. The van der Waals surface area contributed by atoms with Crippen LogP contribution in [0.2, 0.25) is 0 Å². The van der Waals surface area contributed by atoms with E-state index in [1.807, 2.05) is 0 Å². The second-order valence-electron chi connectivity index (χ2n) is 3.16. The smallest absolute Gasteiger partial charge is 0.248 e. The van der Waals surface area contributed by atoms with Gasteiger partial charge in [0.05, 0.1) is 5.60 Å². The summed E-state index contributed by atoms with van der Waals surface area (Å²) in [7, 11) is 0. The van der Waals surface area contributed by atoms with E-state index in [0.29, 0.717) is 0 Å². The van der Waals surface area contributed by atoms with Crippen LogP contribution in [0.3, 0.4) is 0 Å². The molecule has 1 saturated carbocycles. The van der Waals surface area contributed by atoms with Gasteiger partial charge in [0.1, 0.15) is 0 Å². The molecule has 0 saturated heterocycles. The van der Waals surface area contributed by atoms with E-state index in [-0.39, 0.29) is 25.7 Å². The predicted octanol–water partition coefficient (Wildman–Crippen LogP) is 2.11. The molecule has 0 heterocycles. The summed E-state index contributed by atoms with van der Waals surface area (Å²) >= 11 is 0. The molecule has 0 radical (unpaired) electrons. The van der Waals surface area contributed by atoms with Gasteiger partial charge in [0.25, 0.3) is 0 Å². The largest absolute Gasteiger partial charge is 0.386 e. The number of hydrogen-bond donors (Lipinski definition) is 1. The van der Waals surface area contributed by atoms with Crippen molar-refractivity contribution in [1.29, 1.82) is 0 Å². The molecule has 0 bridgehead atoms. The third-order valence-corrected chi connectivity index (χ3v) is 2.23. The van der Waals surface area contributed by atoms with Gasteiger partial charge in [0, 0.05) is 12.8 Å². The summed E-state index contributed by atoms with van der Waals surface area (Å²) in [5.74, 6) is -2.57. The van der Waals surface area contributed by atoms with Crippen LogP contribution < -0.4 is 0 Å². The Bertz CT molecular complexity index is 155. The Kier molecular flexibility index (Phi) is 2.01.